The van der Waals surface area contributed by atoms with Crippen LogP contribution in [0.4, 0.5) is 0 Å². The van der Waals surface area contributed by atoms with Crippen LogP contribution in [0.25, 0.3) is 0 Å². The Balaban J connectivity index is 4.64. The summed E-state index contributed by atoms with van der Waals surface area (Å²) >= 11 is 0. The van der Waals surface area contributed by atoms with Crippen LogP contribution in [0.5, 0.6) is 0 Å². The Morgan fingerprint density at radius 3 is 1.60 bits per heavy atom. The number of aliphatic hydroxyl groups is 1. The first-order chi connectivity index (χ1) is 14.2. The fourth-order valence-corrected chi connectivity index (χ4v) is 2.39. The Hall–Kier alpha value is -2.16. The van der Waals surface area contributed by atoms with Gasteiger partial charge in [-0.3, -0.25) is 19.2 Å². The van der Waals surface area contributed by atoms with Gasteiger partial charge < -0.3 is 24.4 Å². The van der Waals surface area contributed by atoms with E-state index < -0.39 is 23.3 Å². The summed E-state index contributed by atoms with van der Waals surface area (Å²) in [5.74, 6) is -2.59. The summed E-state index contributed by atoms with van der Waals surface area (Å²) in [5, 5.41) is 17.4. The standard InChI is InChI=1S/C21H36O9/c1-3-4-6-9-18(25)28-14-21(2,16-30-20(27)12-11-17(23)24)15-29-19(26)10-7-5-8-13-22/h22H,3-16H2,1-2H3,(H,23,24). The van der Waals surface area contributed by atoms with Crippen LogP contribution in [0, 0.1) is 5.41 Å². The molecule has 9 heteroatoms. The zero-order valence-corrected chi connectivity index (χ0v) is 18.2. The van der Waals surface area contributed by atoms with E-state index in [0.717, 1.165) is 19.3 Å². The smallest absolute Gasteiger partial charge is 0.306 e. The van der Waals surface area contributed by atoms with Crippen molar-refractivity contribution >= 4 is 23.9 Å². The van der Waals surface area contributed by atoms with Gasteiger partial charge in [0.15, 0.2) is 0 Å². The predicted octanol–water partition coefficient (Wildman–Crippen LogP) is 2.62. The summed E-state index contributed by atoms with van der Waals surface area (Å²) in [6.07, 6.45) is 4.40. The molecular formula is C21H36O9. The number of hydrogen-bond donors (Lipinski definition) is 2. The van der Waals surface area contributed by atoms with Gasteiger partial charge >= 0.3 is 23.9 Å². The van der Waals surface area contributed by atoms with Gasteiger partial charge in [-0.25, -0.2) is 0 Å². The number of carbonyl (C=O) groups is 4. The molecule has 9 nitrogen and oxygen atoms in total. The van der Waals surface area contributed by atoms with Crippen LogP contribution >= 0.6 is 0 Å². The highest BCUT2D eigenvalue weighted by Gasteiger charge is 2.30. The minimum atomic E-state index is -1.11. The second-order valence-electron chi connectivity index (χ2n) is 7.68. The molecule has 0 bridgehead atoms. The maximum absolute atomic E-state index is 11.9. The van der Waals surface area contributed by atoms with Gasteiger partial charge in [0.25, 0.3) is 0 Å². The average Bonchev–Trinajstić information content (AvgIpc) is 2.71. The van der Waals surface area contributed by atoms with Crippen molar-refractivity contribution in [1.29, 1.82) is 0 Å². The second kappa shape index (κ2) is 16.6. The summed E-state index contributed by atoms with van der Waals surface area (Å²) < 4.78 is 15.7. The van der Waals surface area contributed by atoms with E-state index in [2.05, 4.69) is 0 Å². The zero-order valence-electron chi connectivity index (χ0n) is 18.2. The first-order valence-electron chi connectivity index (χ1n) is 10.5. The third-order valence-electron chi connectivity index (χ3n) is 4.31. The monoisotopic (exact) mass is 432 g/mol. The number of carboxylic acid groups (broad SMARTS) is 1. The molecule has 1 atom stereocenters. The molecule has 30 heavy (non-hydrogen) atoms. The van der Waals surface area contributed by atoms with Gasteiger partial charge in [0, 0.05) is 19.4 Å². The van der Waals surface area contributed by atoms with Crippen molar-refractivity contribution in [2.75, 3.05) is 26.4 Å². The first kappa shape index (κ1) is 27.8. The molecule has 0 radical (unpaired) electrons. The minimum Gasteiger partial charge on any atom is -0.481 e. The lowest BCUT2D eigenvalue weighted by Gasteiger charge is -2.28. The molecular weight excluding hydrogens is 396 g/mol. The van der Waals surface area contributed by atoms with E-state index in [1.54, 1.807) is 6.92 Å². The van der Waals surface area contributed by atoms with E-state index in [1.807, 2.05) is 6.92 Å². The molecule has 0 aliphatic carbocycles. The normalized spacial score (nSPS) is 12.6. The second-order valence-corrected chi connectivity index (χ2v) is 7.68. The average molecular weight is 433 g/mol. The SMILES string of the molecule is CCCCCC(=O)OCC(C)(COC(=O)CCCCCO)COC(=O)CCC(=O)O. The van der Waals surface area contributed by atoms with E-state index in [-0.39, 0.29) is 58.1 Å². The number of aliphatic carboxylic acids is 1. The molecule has 0 saturated heterocycles. The lowest BCUT2D eigenvalue weighted by Crippen LogP contribution is -2.37. The number of aliphatic hydroxyl groups excluding tert-OH is 1. The molecule has 2 N–H and O–H groups in total. The van der Waals surface area contributed by atoms with Gasteiger partial charge in [-0.2, -0.15) is 0 Å². The Labute approximate surface area is 178 Å². The lowest BCUT2D eigenvalue weighted by atomic mass is 9.94. The Bertz CT molecular complexity index is 533. The van der Waals surface area contributed by atoms with Crippen molar-refractivity contribution in [3.8, 4) is 0 Å². The maximum Gasteiger partial charge on any atom is 0.306 e. The fourth-order valence-electron chi connectivity index (χ4n) is 2.39. The highest BCUT2D eigenvalue weighted by molar-refractivity contribution is 5.76. The lowest BCUT2D eigenvalue weighted by molar-refractivity contribution is -0.161. The van der Waals surface area contributed by atoms with Crippen LogP contribution in [0.2, 0.25) is 0 Å². The van der Waals surface area contributed by atoms with Crippen molar-refractivity contribution < 1.29 is 43.6 Å². The Morgan fingerprint density at radius 2 is 1.17 bits per heavy atom. The van der Waals surface area contributed by atoms with Crippen LogP contribution in [-0.4, -0.2) is 60.5 Å². The molecule has 0 heterocycles. The molecule has 174 valence electrons. The minimum absolute atomic E-state index is 0.0734. The number of ether oxygens (including phenoxy) is 3. The zero-order chi connectivity index (χ0) is 22.8. The summed E-state index contributed by atoms with van der Waals surface area (Å²) in [5.41, 5.74) is -0.944. The number of carboxylic acids is 1. The van der Waals surface area contributed by atoms with Gasteiger partial charge in [0.05, 0.1) is 18.3 Å². The van der Waals surface area contributed by atoms with Crippen molar-refractivity contribution in [2.24, 2.45) is 5.41 Å². The van der Waals surface area contributed by atoms with Crippen LogP contribution in [0.1, 0.15) is 78.1 Å². The Kier molecular flexibility index (Phi) is 15.4. The van der Waals surface area contributed by atoms with Crippen molar-refractivity contribution in [2.45, 2.75) is 78.1 Å². The molecule has 0 aliphatic rings. The third-order valence-corrected chi connectivity index (χ3v) is 4.31. The molecule has 0 saturated carbocycles. The van der Waals surface area contributed by atoms with E-state index in [9.17, 15) is 19.2 Å². The van der Waals surface area contributed by atoms with E-state index in [4.69, 9.17) is 24.4 Å². The van der Waals surface area contributed by atoms with Crippen molar-refractivity contribution in [3.63, 3.8) is 0 Å². The van der Waals surface area contributed by atoms with Crippen LogP contribution in [-0.2, 0) is 33.4 Å². The van der Waals surface area contributed by atoms with Crippen molar-refractivity contribution in [3.05, 3.63) is 0 Å². The molecule has 0 amide bonds. The Morgan fingerprint density at radius 1 is 0.700 bits per heavy atom. The van der Waals surface area contributed by atoms with Crippen molar-refractivity contribution in [1.82, 2.24) is 0 Å². The number of unbranched alkanes of at least 4 members (excludes halogenated alkanes) is 4. The summed E-state index contributed by atoms with van der Waals surface area (Å²) in [6, 6.07) is 0. The maximum atomic E-state index is 11.9. The van der Waals surface area contributed by atoms with Crippen LogP contribution in [0.3, 0.4) is 0 Å². The molecule has 0 rings (SSSR count). The van der Waals surface area contributed by atoms with Gasteiger partial charge in [0.1, 0.15) is 19.8 Å². The van der Waals surface area contributed by atoms with Gasteiger partial charge in [-0.05, 0) is 26.2 Å². The van der Waals surface area contributed by atoms with Crippen LogP contribution < -0.4 is 0 Å². The molecule has 0 fully saturated rings. The van der Waals surface area contributed by atoms with E-state index in [1.165, 1.54) is 0 Å². The van der Waals surface area contributed by atoms with E-state index >= 15 is 0 Å². The summed E-state index contributed by atoms with van der Waals surface area (Å²) in [4.78, 5) is 46.1. The molecule has 0 aliphatic heterocycles. The molecule has 1 unspecified atom stereocenters. The first-order valence-corrected chi connectivity index (χ1v) is 10.5. The predicted molar refractivity (Wildman–Crippen MR) is 108 cm³/mol. The summed E-state index contributed by atoms with van der Waals surface area (Å²) in [6.45, 7) is 3.38. The fraction of sp³-hybridized carbons (Fsp3) is 0.810. The molecule has 0 spiro atoms. The number of rotatable bonds is 18. The topological polar surface area (TPSA) is 136 Å². The molecule has 0 aromatic rings. The highest BCUT2D eigenvalue weighted by atomic mass is 16.6. The highest BCUT2D eigenvalue weighted by Crippen LogP contribution is 2.20. The molecule has 0 aromatic heterocycles. The molecule has 0 aromatic carbocycles. The van der Waals surface area contributed by atoms with Gasteiger partial charge in [-0.1, -0.05) is 26.2 Å². The summed E-state index contributed by atoms with van der Waals surface area (Å²) in [7, 11) is 0. The van der Waals surface area contributed by atoms with Gasteiger partial charge in [0.2, 0.25) is 0 Å². The quantitative estimate of drug-likeness (QED) is 0.190. The van der Waals surface area contributed by atoms with Crippen LogP contribution in [0.15, 0.2) is 0 Å². The number of hydrogen-bond acceptors (Lipinski definition) is 8. The number of carbonyl (C=O) groups excluding carboxylic acids is 3. The van der Waals surface area contributed by atoms with E-state index in [0.29, 0.717) is 19.3 Å². The van der Waals surface area contributed by atoms with Gasteiger partial charge in [-0.15, -0.1) is 0 Å². The number of esters is 3. The largest absolute Gasteiger partial charge is 0.481 e. The third kappa shape index (κ3) is 15.7.